The lowest BCUT2D eigenvalue weighted by molar-refractivity contribution is 0.0711. The molecule has 1 N–H and O–H groups in total. The zero-order chi connectivity index (χ0) is 20.7. The van der Waals surface area contributed by atoms with Gasteiger partial charge in [-0.3, -0.25) is 9.59 Å². The quantitative estimate of drug-likeness (QED) is 0.709. The summed E-state index contributed by atoms with van der Waals surface area (Å²) in [5.74, 6) is 1.85. The number of fused-ring (bicyclic) bond motifs is 1. The Morgan fingerprint density at radius 3 is 2.70 bits per heavy atom. The van der Waals surface area contributed by atoms with E-state index in [9.17, 15) is 9.59 Å². The van der Waals surface area contributed by atoms with Crippen molar-refractivity contribution in [2.75, 3.05) is 19.9 Å². The lowest BCUT2D eigenvalue weighted by Crippen LogP contribution is -2.38. The van der Waals surface area contributed by atoms with Gasteiger partial charge in [-0.1, -0.05) is 5.16 Å². The Kier molecular flexibility index (Phi) is 4.50. The molecule has 5 rings (SSSR count). The average molecular weight is 408 g/mol. The van der Waals surface area contributed by atoms with Crippen LogP contribution >= 0.6 is 0 Å². The Morgan fingerprint density at radius 1 is 1.13 bits per heavy atom. The van der Waals surface area contributed by atoms with Crippen molar-refractivity contribution in [2.24, 2.45) is 0 Å². The number of ether oxygens (including phenoxy) is 2. The molecule has 0 bridgehead atoms. The van der Waals surface area contributed by atoms with E-state index in [0.717, 1.165) is 24.2 Å². The van der Waals surface area contributed by atoms with Gasteiger partial charge in [0.25, 0.3) is 11.5 Å². The number of nitrogens with one attached hydrogen (secondary N) is 1. The number of aromatic nitrogens is 3. The second-order valence-electron chi connectivity index (χ2n) is 7.50. The highest BCUT2D eigenvalue weighted by atomic mass is 16.7. The number of carbonyl (C=O) groups is 1. The number of rotatable bonds is 3. The first-order valence-electron chi connectivity index (χ1n) is 9.81. The van der Waals surface area contributed by atoms with E-state index >= 15 is 0 Å². The van der Waals surface area contributed by atoms with Gasteiger partial charge in [-0.05, 0) is 38.0 Å². The van der Waals surface area contributed by atoms with Crippen LogP contribution in [-0.4, -0.2) is 46.0 Å². The molecule has 1 aromatic carbocycles. The fourth-order valence-corrected chi connectivity index (χ4v) is 3.98. The topological polar surface area (TPSA) is 111 Å². The molecule has 0 radical (unpaired) electrons. The largest absolute Gasteiger partial charge is 0.454 e. The normalized spacial score (nSPS) is 16.1. The van der Waals surface area contributed by atoms with Crippen molar-refractivity contribution < 1.29 is 18.8 Å². The summed E-state index contributed by atoms with van der Waals surface area (Å²) in [6.07, 6.45) is 1.46. The molecule has 2 aliphatic heterocycles. The lowest BCUT2D eigenvalue weighted by Gasteiger charge is -2.32. The Hall–Kier alpha value is -3.62. The molecule has 0 spiro atoms. The van der Waals surface area contributed by atoms with Crippen molar-refractivity contribution in [3.63, 3.8) is 0 Å². The molecule has 9 heteroatoms. The summed E-state index contributed by atoms with van der Waals surface area (Å²) in [5.41, 5.74) is 2.44. The summed E-state index contributed by atoms with van der Waals surface area (Å²) in [4.78, 5) is 26.6. The minimum atomic E-state index is -0.293. The van der Waals surface area contributed by atoms with Gasteiger partial charge in [0, 0.05) is 42.3 Å². The van der Waals surface area contributed by atoms with E-state index in [-0.39, 0.29) is 24.2 Å². The van der Waals surface area contributed by atoms with Crippen molar-refractivity contribution in [3.05, 3.63) is 57.6 Å². The van der Waals surface area contributed by atoms with E-state index in [0.29, 0.717) is 41.5 Å². The summed E-state index contributed by atoms with van der Waals surface area (Å²) >= 11 is 0. The Balaban J connectivity index is 1.33. The summed E-state index contributed by atoms with van der Waals surface area (Å²) in [7, 11) is 0. The predicted octanol–water partition coefficient (Wildman–Crippen LogP) is 2.48. The van der Waals surface area contributed by atoms with Gasteiger partial charge in [0.2, 0.25) is 6.79 Å². The third kappa shape index (κ3) is 3.32. The van der Waals surface area contributed by atoms with Gasteiger partial charge in [0.05, 0.1) is 11.4 Å². The van der Waals surface area contributed by atoms with Crippen LogP contribution in [0.4, 0.5) is 0 Å². The van der Waals surface area contributed by atoms with E-state index in [1.165, 1.54) is 6.07 Å². The van der Waals surface area contributed by atoms with Crippen LogP contribution in [0.2, 0.25) is 0 Å². The number of aromatic amines is 1. The first kappa shape index (κ1) is 18.4. The predicted molar refractivity (Wildman–Crippen MR) is 106 cm³/mol. The monoisotopic (exact) mass is 408 g/mol. The highest BCUT2D eigenvalue weighted by Gasteiger charge is 2.29. The maximum atomic E-state index is 12.9. The molecule has 1 amide bonds. The Labute approximate surface area is 171 Å². The van der Waals surface area contributed by atoms with Crippen molar-refractivity contribution in [3.8, 4) is 22.8 Å². The van der Waals surface area contributed by atoms with E-state index in [4.69, 9.17) is 14.0 Å². The van der Waals surface area contributed by atoms with Gasteiger partial charge >= 0.3 is 0 Å². The zero-order valence-corrected chi connectivity index (χ0v) is 16.4. The third-order valence-electron chi connectivity index (χ3n) is 5.52. The van der Waals surface area contributed by atoms with Crippen LogP contribution in [0.25, 0.3) is 11.3 Å². The molecule has 1 saturated heterocycles. The second-order valence-corrected chi connectivity index (χ2v) is 7.50. The van der Waals surface area contributed by atoms with Gasteiger partial charge in [-0.15, -0.1) is 0 Å². The van der Waals surface area contributed by atoms with Gasteiger partial charge < -0.3 is 18.9 Å². The molecule has 0 atom stereocenters. The lowest BCUT2D eigenvalue weighted by atomic mass is 9.90. The van der Waals surface area contributed by atoms with Crippen molar-refractivity contribution in [2.45, 2.75) is 25.7 Å². The van der Waals surface area contributed by atoms with Crippen LogP contribution in [0.15, 0.2) is 39.6 Å². The fourth-order valence-electron chi connectivity index (χ4n) is 3.98. The van der Waals surface area contributed by atoms with Crippen molar-refractivity contribution >= 4 is 5.91 Å². The Morgan fingerprint density at radius 2 is 1.93 bits per heavy atom. The van der Waals surface area contributed by atoms with Crippen molar-refractivity contribution in [1.82, 2.24) is 20.3 Å². The molecule has 0 unspecified atom stereocenters. The number of piperidine rings is 1. The zero-order valence-electron chi connectivity index (χ0n) is 16.4. The van der Waals surface area contributed by atoms with E-state index in [2.05, 4.69) is 15.4 Å². The fraction of sp³-hybridized carbons (Fsp3) is 0.333. The molecule has 2 aromatic heterocycles. The molecule has 0 aliphatic carbocycles. The minimum Gasteiger partial charge on any atom is -0.454 e. The van der Waals surface area contributed by atoms with Crippen molar-refractivity contribution in [1.29, 1.82) is 0 Å². The number of H-pyrrole nitrogens is 1. The van der Waals surface area contributed by atoms with Crippen LogP contribution in [0.5, 0.6) is 11.5 Å². The van der Waals surface area contributed by atoms with Gasteiger partial charge in [-0.25, -0.2) is 5.10 Å². The summed E-state index contributed by atoms with van der Waals surface area (Å²) in [6.45, 7) is 3.19. The maximum absolute atomic E-state index is 12.9. The molecule has 30 heavy (non-hydrogen) atoms. The standard InChI is InChI=1S/C21H20N4O5/c1-12-8-17(30-24-12)15-10-19(26)22-23-20(15)13-4-6-25(7-5-13)21(27)14-2-3-16-18(9-14)29-11-28-16/h2-3,8-10,13H,4-7,11H2,1H3,(H,22,26). The van der Waals surface area contributed by atoms with Crippen LogP contribution in [0.1, 0.15) is 40.5 Å². The van der Waals surface area contributed by atoms with E-state index < -0.39 is 0 Å². The number of nitrogens with zero attached hydrogens (tertiary/aromatic N) is 3. The number of aryl methyl sites for hydroxylation is 1. The van der Waals surface area contributed by atoms with Crippen LogP contribution < -0.4 is 15.0 Å². The van der Waals surface area contributed by atoms with E-state index in [1.54, 1.807) is 24.3 Å². The van der Waals surface area contributed by atoms with E-state index in [1.807, 2.05) is 11.8 Å². The molecule has 3 aromatic rings. The summed E-state index contributed by atoms with van der Waals surface area (Å²) in [6, 6.07) is 8.53. The molecular formula is C21H20N4O5. The molecule has 4 heterocycles. The highest BCUT2D eigenvalue weighted by molar-refractivity contribution is 5.95. The number of hydrogen-bond acceptors (Lipinski definition) is 7. The van der Waals surface area contributed by atoms with Crippen LogP contribution in [-0.2, 0) is 0 Å². The summed E-state index contributed by atoms with van der Waals surface area (Å²) < 4.78 is 16.0. The van der Waals surface area contributed by atoms with Gasteiger partial charge in [-0.2, -0.15) is 5.10 Å². The first-order valence-corrected chi connectivity index (χ1v) is 9.81. The minimum absolute atomic E-state index is 0.0349. The van der Waals surface area contributed by atoms with Gasteiger partial charge in [0.1, 0.15) is 0 Å². The molecule has 9 nitrogen and oxygen atoms in total. The summed E-state index contributed by atoms with van der Waals surface area (Å²) in [5, 5.41) is 10.7. The maximum Gasteiger partial charge on any atom is 0.264 e. The van der Waals surface area contributed by atoms with Crippen LogP contribution in [0, 0.1) is 6.92 Å². The highest BCUT2D eigenvalue weighted by Crippen LogP contribution is 2.35. The molecular weight excluding hydrogens is 388 g/mol. The number of hydrogen-bond donors (Lipinski definition) is 1. The molecule has 0 saturated carbocycles. The molecule has 1 fully saturated rings. The SMILES string of the molecule is Cc1cc(-c2cc(=O)[nH]nc2C2CCN(C(=O)c3ccc4c(c3)OCO4)CC2)on1. The van der Waals surface area contributed by atoms with Gasteiger partial charge in [0.15, 0.2) is 17.3 Å². The number of benzene rings is 1. The third-order valence-corrected chi connectivity index (χ3v) is 5.52. The smallest absolute Gasteiger partial charge is 0.264 e. The molecule has 154 valence electrons. The number of carbonyl (C=O) groups excluding carboxylic acids is 1. The average Bonchev–Trinajstić information content (AvgIpc) is 3.41. The Bertz CT molecular complexity index is 1160. The van der Waals surface area contributed by atoms with Crippen LogP contribution in [0.3, 0.4) is 0 Å². The molecule has 2 aliphatic rings. The first-order chi connectivity index (χ1) is 14.6. The number of amides is 1. The number of likely N-dealkylation sites (tertiary alicyclic amines) is 1. The second kappa shape index (κ2) is 7.33.